The fraction of sp³-hybridized carbons (Fsp3) is 0.760. The Morgan fingerprint density at radius 2 is 1.58 bits per heavy atom. The molecule has 3 rings (SSSR count). The molecule has 0 unspecified atom stereocenters. The lowest BCUT2D eigenvalue weighted by Crippen LogP contribution is -2.59. The maximum Gasteiger partial charge on any atom is 0.243 e. The van der Waals surface area contributed by atoms with Gasteiger partial charge in [-0.1, -0.05) is 37.5 Å². The molecule has 2 aliphatic rings. The number of piperidine rings is 1. The minimum atomic E-state index is -3.56. The normalized spacial score (nSPS) is 26.9. The van der Waals surface area contributed by atoms with Gasteiger partial charge in [-0.25, -0.2) is 8.42 Å². The molecule has 6 heteroatoms. The molecule has 0 N–H and O–H groups in total. The molecule has 176 valence electrons. The van der Waals surface area contributed by atoms with Crippen LogP contribution in [-0.2, 0) is 14.9 Å². The highest BCUT2D eigenvalue weighted by atomic mass is 32.2. The van der Waals surface area contributed by atoms with Gasteiger partial charge in [0, 0.05) is 17.1 Å². The van der Waals surface area contributed by atoms with Crippen LogP contribution in [0.4, 0.5) is 0 Å². The first-order chi connectivity index (χ1) is 14.5. The molecule has 0 saturated carbocycles. The summed E-state index contributed by atoms with van der Waals surface area (Å²) in [6, 6.07) is 7.19. The van der Waals surface area contributed by atoms with Gasteiger partial charge in [0.1, 0.15) is 0 Å². The third kappa shape index (κ3) is 5.35. The Morgan fingerprint density at radius 1 is 1.00 bits per heavy atom. The molecule has 0 aromatic heterocycles. The van der Waals surface area contributed by atoms with Gasteiger partial charge in [0.15, 0.2) is 0 Å². The largest absolute Gasteiger partial charge is 0.296 e. The number of sulfonamides is 1. The van der Waals surface area contributed by atoms with Crippen molar-refractivity contribution in [1.29, 1.82) is 0 Å². The third-order valence-electron chi connectivity index (χ3n) is 7.11. The van der Waals surface area contributed by atoms with E-state index in [0.717, 1.165) is 50.5 Å². The molecule has 2 fully saturated rings. The Labute approximate surface area is 190 Å². The quantitative estimate of drug-likeness (QED) is 0.511. The molecule has 2 atom stereocenters. The van der Waals surface area contributed by atoms with E-state index in [-0.39, 0.29) is 23.2 Å². The van der Waals surface area contributed by atoms with Gasteiger partial charge in [0.05, 0.1) is 17.5 Å². The van der Waals surface area contributed by atoms with Crippen LogP contribution in [0.15, 0.2) is 29.2 Å². The highest BCUT2D eigenvalue weighted by Gasteiger charge is 2.46. The van der Waals surface area contributed by atoms with E-state index in [1.165, 1.54) is 6.42 Å². The van der Waals surface area contributed by atoms with Crippen LogP contribution in [-0.4, -0.2) is 47.6 Å². The second kappa shape index (κ2) is 9.50. The lowest BCUT2D eigenvalue weighted by Gasteiger charge is -2.51. The molecular weight excluding hydrogens is 408 g/mol. The van der Waals surface area contributed by atoms with E-state index in [0.29, 0.717) is 11.5 Å². The van der Waals surface area contributed by atoms with Gasteiger partial charge < -0.3 is 0 Å². The Bertz CT molecular complexity index is 817. The Kier molecular flexibility index (Phi) is 7.57. The number of nitrogens with zero attached hydrogens (tertiary/aromatic N) is 2. The van der Waals surface area contributed by atoms with Crippen molar-refractivity contribution in [2.24, 2.45) is 0 Å². The summed E-state index contributed by atoms with van der Waals surface area (Å²) >= 11 is 0. The van der Waals surface area contributed by atoms with E-state index in [1.807, 2.05) is 19.1 Å². The first-order valence-electron chi connectivity index (χ1n) is 12.0. The summed E-state index contributed by atoms with van der Waals surface area (Å²) in [6.45, 7) is 13.5. The average Bonchev–Trinajstić information content (AvgIpc) is 3.09. The maximum absolute atomic E-state index is 13.7. The molecule has 5 nitrogen and oxygen atoms in total. The minimum absolute atomic E-state index is 0.0529. The number of aryl methyl sites for hydroxylation is 1. The maximum atomic E-state index is 13.7. The van der Waals surface area contributed by atoms with Gasteiger partial charge in [-0.3, -0.25) is 4.84 Å². The van der Waals surface area contributed by atoms with E-state index >= 15 is 0 Å². The van der Waals surface area contributed by atoms with Gasteiger partial charge in [0.25, 0.3) is 0 Å². The number of benzene rings is 1. The minimum Gasteiger partial charge on any atom is -0.296 e. The van der Waals surface area contributed by atoms with Crippen molar-refractivity contribution >= 4 is 10.0 Å². The van der Waals surface area contributed by atoms with Crippen molar-refractivity contribution in [3.05, 3.63) is 29.8 Å². The van der Waals surface area contributed by atoms with Crippen molar-refractivity contribution in [2.45, 2.75) is 121 Å². The first kappa shape index (κ1) is 24.7. The highest BCUT2D eigenvalue weighted by Crippen LogP contribution is 2.40. The molecule has 0 bridgehead atoms. The first-order valence-corrected chi connectivity index (χ1v) is 13.5. The van der Waals surface area contributed by atoms with E-state index < -0.39 is 10.0 Å². The molecule has 2 heterocycles. The molecule has 2 saturated heterocycles. The van der Waals surface area contributed by atoms with E-state index in [1.54, 1.807) is 16.4 Å². The monoisotopic (exact) mass is 450 g/mol. The number of hydrogen-bond acceptors (Lipinski definition) is 4. The van der Waals surface area contributed by atoms with Gasteiger partial charge in [-0.05, 0) is 85.3 Å². The molecule has 31 heavy (non-hydrogen) atoms. The van der Waals surface area contributed by atoms with E-state index in [4.69, 9.17) is 4.84 Å². The zero-order valence-electron chi connectivity index (χ0n) is 20.4. The van der Waals surface area contributed by atoms with Crippen molar-refractivity contribution in [3.8, 4) is 0 Å². The molecule has 1 aromatic carbocycles. The average molecular weight is 451 g/mol. The molecule has 2 aliphatic heterocycles. The number of rotatable bonds is 8. The van der Waals surface area contributed by atoms with Crippen molar-refractivity contribution in [3.63, 3.8) is 0 Å². The smallest absolute Gasteiger partial charge is 0.243 e. The Hall–Kier alpha value is -0.950. The predicted molar refractivity (Wildman–Crippen MR) is 126 cm³/mol. The molecule has 0 amide bonds. The lowest BCUT2D eigenvalue weighted by atomic mass is 9.82. The summed E-state index contributed by atoms with van der Waals surface area (Å²) in [5.74, 6) is 0. The summed E-state index contributed by atoms with van der Waals surface area (Å²) in [6.07, 6.45) is 8.17. The molecule has 1 aromatic rings. The Morgan fingerprint density at radius 3 is 2.16 bits per heavy atom. The van der Waals surface area contributed by atoms with E-state index in [9.17, 15) is 8.42 Å². The third-order valence-corrected chi connectivity index (χ3v) is 9.13. The van der Waals surface area contributed by atoms with Gasteiger partial charge in [-0.15, -0.1) is 0 Å². The lowest BCUT2D eigenvalue weighted by molar-refractivity contribution is -0.284. The summed E-state index contributed by atoms with van der Waals surface area (Å²) in [7, 11) is -3.56. The van der Waals surface area contributed by atoms with Crippen LogP contribution in [0.5, 0.6) is 0 Å². The SMILES string of the molecule is CCCC[C@@H]1CC[C@@H](CON2C(C)(C)CCCC2(C)C)N1S(=O)(=O)c1ccc(C)cc1. The second-order valence-electron chi connectivity index (χ2n) is 10.7. The fourth-order valence-electron chi connectivity index (χ4n) is 5.52. The van der Waals surface area contributed by atoms with Crippen molar-refractivity contribution in [1.82, 2.24) is 9.37 Å². The number of unbranched alkanes of at least 4 members (excludes halogenated alkanes) is 1. The molecule has 0 spiro atoms. The summed E-state index contributed by atoms with van der Waals surface area (Å²) < 4.78 is 29.2. The second-order valence-corrected chi connectivity index (χ2v) is 12.6. The molecule has 0 radical (unpaired) electrons. The van der Waals surface area contributed by atoms with Crippen LogP contribution >= 0.6 is 0 Å². The zero-order chi connectivity index (χ0) is 22.9. The van der Waals surface area contributed by atoms with Gasteiger partial charge in [-0.2, -0.15) is 9.37 Å². The standard InChI is InChI=1S/C25H42N2O3S/c1-7-8-10-21-13-14-22(19-30-27-24(3,4)17-9-18-25(27,5)6)26(21)31(28,29)23-15-11-20(2)12-16-23/h11-12,15-16,21-22H,7-10,13-14,17-19H2,1-6H3/t21-,22+/m1/s1. The summed E-state index contributed by atoms with van der Waals surface area (Å²) in [4.78, 5) is 6.85. The zero-order valence-corrected chi connectivity index (χ0v) is 21.2. The van der Waals surface area contributed by atoms with Crippen LogP contribution in [0.1, 0.15) is 91.5 Å². The van der Waals surface area contributed by atoms with Crippen LogP contribution in [0, 0.1) is 6.92 Å². The van der Waals surface area contributed by atoms with Gasteiger partial charge >= 0.3 is 0 Å². The van der Waals surface area contributed by atoms with Crippen molar-refractivity contribution < 1.29 is 13.3 Å². The number of hydrogen-bond donors (Lipinski definition) is 0. The molecule has 0 aliphatic carbocycles. The predicted octanol–water partition coefficient (Wildman–Crippen LogP) is 5.68. The van der Waals surface area contributed by atoms with Crippen LogP contribution in [0.3, 0.4) is 0 Å². The van der Waals surface area contributed by atoms with Crippen LogP contribution < -0.4 is 0 Å². The van der Waals surface area contributed by atoms with Crippen LogP contribution in [0.2, 0.25) is 0 Å². The van der Waals surface area contributed by atoms with Gasteiger partial charge in [0.2, 0.25) is 10.0 Å². The van der Waals surface area contributed by atoms with Crippen LogP contribution in [0.25, 0.3) is 0 Å². The van der Waals surface area contributed by atoms with Crippen molar-refractivity contribution in [2.75, 3.05) is 6.61 Å². The summed E-state index contributed by atoms with van der Waals surface area (Å²) in [5.41, 5.74) is 0.961. The fourth-order valence-corrected chi connectivity index (χ4v) is 7.40. The molecular formula is C25H42N2O3S. The number of hydroxylamine groups is 2. The Balaban J connectivity index is 1.83. The highest BCUT2D eigenvalue weighted by molar-refractivity contribution is 7.89. The topological polar surface area (TPSA) is 49.9 Å². The summed E-state index contributed by atoms with van der Waals surface area (Å²) in [5, 5.41) is 2.15. The van der Waals surface area contributed by atoms with E-state index in [2.05, 4.69) is 39.7 Å².